The maximum Gasteiger partial charge on any atom is 0.410 e. The number of hydrogen-bond acceptors (Lipinski definition) is 5. The van der Waals surface area contributed by atoms with Crippen LogP contribution in [0.4, 0.5) is 10.6 Å². The van der Waals surface area contributed by atoms with E-state index in [2.05, 4.69) is 4.98 Å². The van der Waals surface area contributed by atoms with Crippen molar-refractivity contribution in [1.29, 1.82) is 0 Å². The fourth-order valence-electron chi connectivity index (χ4n) is 2.38. The lowest BCUT2D eigenvalue weighted by Crippen LogP contribution is -2.39. The number of amides is 1. The lowest BCUT2D eigenvalue weighted by atomic mass is 10.2. The van der Waals surface area contributed by atoms with Crippen molar-refractivity contribution in [3.05, 3.63) is 18.3 Å². The highest BCUT2D eigenvalue weighted by Gasteiger charge is 2.32. The van der Waals surface area contributed by atoms with Gasteiger partial charge in [-0.2, -0.15) is 0 Å². The highest BCUT2D eigenvalue weighted by atomic mass is 16.6. The Hall–Kier alpha value is -1.98. The van der Waals surface area contributed by atoms with E-state index in [1.165, 1.54) is 0 Å². The Morgan fingerprint density at radius 1 is 1.52 bits per heavy atom. The van der Waals surface area contributed by atoms with Crippen molar-refractivity contribution in [3.8, 4) is 5.75 Å². The van der Waals surface area contributed by atoms with Gasteiger partial charge in [-0.15, -0.1) is 0 Å². The average molecular weight is 293 g/mol. The van der Waals surface area contributed by atoms with E-state index >= 15 is 0 Å². The van der Waals surface area contributed by atoms with Gasteiger partial charge < -0.3 is 19.6 Å². The second-order valence-electron chi connectivity index (χ2n) is 6.33. The zero-order chi connectivity index (χ0) is 15.6. The number of rotatable bonds is 2. The van der Waals surface area contributed by atoms with Crippen LogP contribution in [0, 0.1) is 0 Å². The molecule has 0 saturated carbocycles. The first-order chi connectivity index (χ1) is 9.78. The molecular weight excluding hydrogens is 270 g/mol. The van der Waals surface area contributed by atoms with E-state index < -0.39 is 5.60 Å². The number of anilines is 1. The molecule has 0 unspecified atom stereocenters. The number of pyridine rings is 1. The molecule has 1 amide bonds. The predicted octanol–water partition coefficient (Wildman–Crippen LogP) is 2.23. The summed E-state index contributed by atoms with van der Waals surface area (Å²) in [6.07, 6.45) is 2.18. The van der Waals surface area contributed by atoms with E-state index in [1.807, 2.05) is 32.7 Å². The van der Waals surface area contributed by atoms with E-state index in [0.717, 1.165) is 6.42 Å². The maximum absolute atomic E-state index is 12.1. The lowest BCUT2D eigenvalue weighted by molar-refractivity contribution is 0.0292. The lowest BCUT2D eigenvalue weighted by Gasteiger charge is -2.27. The van der Waals surface area contributed by atoms with Gasteiger partial charge in [-0.05, 0) is 39.3 Å². The molecule has 0 spiro atoms. The van der Waals surface area contributed by atoms with Crippen molar-refractivity contribution in [2.75, 3.05) is 25.0 Å². The van der Waals surface area contributed by atoms with E-state index in [0.29, 0.717) is 18.9 Å². The fourth-order valence-corrected chi connectivity index (χ4v) is 2.38. The molecular formula is C15H23N3O3. The number of carbonyl (C=O) groups excluding carboxylic acids is 1. The molecule has 1 saturated heterocycles. The van der Waals surface area contributed by atoms with E-state index in [4.69, 9.17) is 4.74 Å². The van der Waals surface area contributed by atoms with E-state index in [-0.39, 0.29) is 17.9 Å². The molecule has 1 aliphatic rings. The summed E-state index contributed by atoms with van der Waals surface area (Å²) < 4.78 is 5.38. The Balaban J connectivity index is 1.99. The van der Waals surface area contributed by atoms with Crippen LogP contribution in [0.3, 0.4) is 0 Å². The highest BCUT2D eigenvalue weighted by molar-refractivity contribution is 5.68. The van der Waals surface area contributed by atoms with Gasteiger partial charge in [0.2, 0.25) is 0 Å². The molecule has 0 aliphatic carbocycles. The third-order valence-electron chi connectivity index (χ3n) is 3.46. The van der Waals surface area contributed by atoms with Gasteiger partial charge in [0, 0.05) is 32.4 Å². The van der Waals surface area contributed by atoms with Gasteiger partial charge in [0.1, 0.15) is 5.60 Å². The van der Waals surface area contributed by atoms with Crippen molar-refractivity contribution in [2.24, 2.45) is 0 Å². The Bertz CT molecular complexity index is 513. The molecule has 0 radical (unpaired) electrons. The molecule has 2 rings (SSSR count). The first-order valence-electron chi connectivity index (χ1n) is 7.12. The van der Waals surface area contributed by atoms with Crippen LogP contribution in [0.25, 0.3) is 0 Å². The van der Waals surface area contributed by atoms with Crippen LogP contribution in [0.2, 0.25) is 0 Å². The Labute approximate surface area is 125 Å². The maximum atomic E-state index is 12.1. The number of aromatic hydroxyl groups is 1. The summed E-state index contributed by atoms with van der Waals surface area (Å²) >= 11 is 0. The smallest absolute Gasteiger partial charge is 0.410 e. The molecule has 6 nitrogen and oxygen atoms in total. The van der Waals surface area contributed by atoms with Crippen molar-refractivity contribution < 1.29 is 14.6 Å². The van der Waals surface area contributed by atoms with Gasteiger partial charge in [-0.25, -0.2) is 9.78 Å². The SMILES string of the molecule is CN(c1ncccc1O)[C@H]1CCN(C(=O)OC(C)(C)C)C1. The van der Waals surface area contributed by atoms with Crippen LogP contribution in [-0.4, -0.2) is 52.9 Å². The average Bonchev–Trinajstić information content (AvgIpc) is 2.86. The van der Waals surface area contributed by atoms with Gasteiger partial charge in [0.15, 0.2) is 11.6 Å². The normalized spacial score (nSPS) is 18.7. The third-order valence-corrected chi connectivity index (χ3v) is 3.46. The van der Waals surface area contributed by atoms with Gasteiger partial charge in [0.05, 0.1) is 0 Å². The number of ether oxygens (including phenoxy) is 1. The summed E-state index contributed by atoms with van der Waals surface area (Å²) in [6.45, 7) is 6.79. The van der Waals surface area contributed by atoms with Crippen molar-refractivity contribution >= 4 is 11.9 Å². The summed E-state index contributed by atoms with van der Waals surface area (Å²) in [5.74, 6) is 0.684. The van der Waals surface area contributed by atoms with Crippen molar-refractivity contribution in [2.45, 2.75) is 38.8 Å². The number of carbonyl (C=O) groups is 1. The number of nitrogens with zero attached hydrogens (tertiary/aromatic N) is 3. The largest absolute Gasteiger partial charge is 0.504 e. The molecule has 116 valence electrons. The van der Waals surface area contributed by atoms with E-state index in [1.54, 1.807) is 23.2 Å². The highest BCUT2D eigenvalue weighted by Crippen LogP contribution is 2.27. The molecule has 1 N–H and O–H groups in total. The first kappa shape index (κ1) is 15.4. The van der Waals surface area contributed by atoms with Crippen LogP contribution in [-0.2, 0) is 4.74 Å². The van der Waals surface area contributed by atoms with Gasteiger partial charge in [-0.3, -0.25) is 0 Å². The van der Waals surface area contributed by atoms with Gasteiger partial charge in [0.25, 0.3) is 0 Å². The Kier molecular flexibility index (Phi) is 4.25. The Morgan fingerprint density at radius 2 is 2.24 bits per heavy atom. The number of aromatic nitrogens is 1. The molecule has 1 fully saturated rings. The molecule has 1 atom stereocenters. The summed E-state index contributed by atoms with van der Waals surface area (Å²) in [5, 5.41) is 9.86. The summed E-state index contributed by atoms with van der Waals surface area (Å²) in [7, 11) is 1.88. The summed E-state index contributed by atoms with van der Waals surface area (Å²) in [4.78, 5) is 19.9. The molecule has 6 heteroatoms. The molecule has 1 aliphatic heterocycles. The zero-order valence-electron chi connectivity index (χ0n) is 13.0. The Morgan fingerprint density at radius 3 is 2.86 bits per heavy atom. The minimum absolute atomic E-state index is 0.123. The quantitative estimate of drug-likeness (QED) is 0.906. The van der Waals surface area contributed by atoms with Crippen LogP contribution < -0.4 is 4.90 Å². The number of likely N-dealkylation sites (N-methyl/N-ethyl adjacent to an activating group) is 1. The second-order valence-corrected chi connectivity index (χ2v) is 6.33. The third kappa shape index (κ3) is 3.77. The molecule has 1 aromatic rings. The summed E-state index contributed by atoms with van der Waals surface area (Å²) in [6, 6.07) is 3.42. The fraction of sp³-hybridized carbons (Fsp3) is 0.600. The zero-order valence-corrected chi connectivity index (χ0v) is 13.0. The number of hydrogen-bond donors (Lipinski definition) is 1. The van der Waals surface area contributed by atoms with Crippen LogP contribution in [0.15, 0.2) is 18.3 Å². The summed E-state index contributed by atoms with van der Waals surface area (Å²) in [5.41, 5.74) is -0.486. The van der Waals surface area contributed by atoms with Crippen LogP contribution in [0.5, 0.6) is 5.75 Å². The molecule has 0 aromatic carbocycles. The first-order valence-corrected chi connectivity index (χ1v) is 7.12. The van der Waals surface area contributed by atoms with Crippen molar-refractivity contribution in [3.63, 3.8) is 0 Å². The monoisotopic (exact) mass is 293 g/mol. The topological polar surface area (TPSA) is 65.9 Å². The predicted molar refractivity (Wildman–Crippen MR) is 80.5 cm³/mol. The molecule has 21 heavy (non-hydrogen) atoms. The van der Waals surface area contributed by atoms with Crippen LogP contribution in [0.1, 0.15) is 27.2 Å². The second kappa shape index (κ2) is 5.79. The molecule has 0 bridgehead atoms. The van der Waals surface area contributed by atoms with Gasteiger partial charge >= 0.3 is 6.09 Å². The molecule has 2 heterocycles. The van der Waals surface area contributed by atoms with Gasteiger partial charge in [-0.1, -0.05) is 0 Å². The van der Waals surface area contributed by atoms with E-state index in [9.17, 15) is 9.90 Å². The molecule has 1 aromatic heterocycles. The van der Waals surface area contributed by atoms with Crippen LogP contribution >= 0.6 is 0 Å². The minimum Gasteiger partial charge on any atom is -0.504 e. The minimum atomic E-state index is -0.486. The van der Waals surface area contributed by atoms with Crippen molar-refractivity contribution in [1.82, 2.24) is 9.88 Å². The number of likely N-dealkylation sites (tertiary alicyclic amines) is 1. The standard InChI is InChI=1S/C15H23N3O3/c1-15(2,3)21-14(20)18-9-7-11(10-18)17(4)13-12(19)6-5-8-16-13/h5-6,8,11,19H,7,9-10H2,1-4H3/t11-/m0/s1.